The van der Waals surface area contributed by atoms with Crippen LogP contribution in [0.1, 0.15) is 16.7 Å². The van der Waals surface area contributed by atoms with Crippen molar-refractivity contribution in [1.29, 1.82) is 0 Å². The molecule has 0 heterocycles. The molecule has 0 aliphatic carbocycles. The molecular weight excluding hydrogens is 510 g/mol. The summed E-state index contributed by atoms with van der Waals surface area (Å²) in [4.78, 5) is 13.0. The van der Waals surface area contributed by atoms with E-state index in [1.54, 1.807) is 0 Å². The second-order valence-electron chi connectivity index (χ2n) is 7.75. The Morgan fingerprint density at radius 1 is 0.531 bits per heavy atom. The van der Waals surface area contributed by atoms with Gasteiger partial charge in [0.25, 0.3) is 0 Å². The molecule has 0 atom stereocenters. The van der Waals surface area contributed by atoms with E-state index in [1.165, 1.54) is 0 Å². The first-order valence-corrected chi connectivity index (χ1v) is 12.3. The van der Waals surface area contributed by atoms with Gasteiger partial charge >= 0.3 is 184 Å². The van der Waals surface area contributed by atoms with E-state index in [1.807, 2.05) is 124 Å². The summed E-state index contributed by atoms with van der Waals surface area (Å²) in [5.41, 5.74) is 2.72. The molecule has 4 aromatic rings. The Morgan fingerprint density at radius 2 is 0.969 bits per heavy atom. The number of hydrogen-bond donors (Lipinski definition) is 1. The molecular formula is C27H27O3PPd. The molecule has 168 valence electrons. The van der Waals surface area contributed by atoms with Gasteiger partial charge in [-0.3, -0.25) is 0 Å². The van der Waals surface area contributed by atoms with Crippen molar-refractivity contribution in [2.75, 3.05) is 0 Å². The Bertz CT molecular complexity index is 1160. The zero-order chi connectivity index (χ0) is 21.9. The van der Waals surface area contributed by atoms with Gasteiger partial charge in [0.15, 0.2) is 0 Å². The molecule has 4 aromatic carbocycles. The van der Waals surface area contributed by atoms with Gasteiger partial charge in [-0.25, -0.2) is 0 Å². The molecule has 4 rings (SSSR count). The molecule has 0 saturated heterocycles. The summed E-state index contributed by atoms with van der Waals surface area (Å²) in [5, 5.41) is 1.30. The van der Waals surface area contributed by atoms with E-state index >= 15 is 0 Å². The van der Waals surface area contributed by atoms with Crippen molar-refractivity contribution in [3.8, 4) is 11.5 Å². The second kappa shape index (κ2) is 9.57. The Kier molecular flexibility index (Phi) is 7.23. The van der Waals surface area contributed by atoms with E-state index in [0.717, 1.165) is 16.7 Å². The summed E-state index contributed by atoms with van der Waals surface area (Å²) in [6.45, 7) is 5.91. The maximum absolute atomic E-state index is 13.0. The largest absolute Gasteiger partial charge is 0 e. The van der Waals surface area contributed by atoms with Crippen molar-refractivity contribution < 1.29 is 34.4 Å². The minimum absolute atomic E-state index is 0. The van der Waals surface area contributed by atoms with Crippen LogP contribution in [-0.2, 0) is 20.4 Å². The molecule has 0 radical (unpaired) electrons. The first kappa shape index (κ1) is 24.2. The van der Waals surface area contributed by atoms with Crippen molar-refractivity contribution >= 4 is 17.9 Å². The van der Waals surface area contributed by atoms with Crippen LogP contribution in [-0.4, -0.2) is 4.89 Å². The SMILES string of the molecule is Cc1ccccc1OP(O)(Oc1ccccc1)(c1ccccc1C)c1ccccc1C.[Pd]. The molecule has 1 N–H and O–H groups in total. The van der Waals surface area contributed by atoms with Crippen LogP contribution in [0.2, 0.25) is 0 Å². The third-order valence-corrected chi connectivity index (χ3v) is 9.25. The van der Waals surface area contributed by atoms with Gasteiger partial charge in [-0.05, 0) is 0 Å². The van der Waals surface area contributed by atoms with Gasteiger partial charge in [0, 0.05) is 20.4 Å². The monoisotopic (exact) mass is 536 g/mol. The number of hydrogen-bond acceptors (Lipinski definition) is 3. The molecule has 0 bridgehead atoms. The Balaban J connectivity index is 0.00000289. The fraction of sp³-hybridized carbons (Fsp3) is 0.111. The molecule has 32 heavy (non-hydrogen) atoms. The summed E-state index contributed by atoms with van der Waals surface area (Å²) in [5.74, 6) is 1.13. The number of para-hydroxylation sites is 2. The molecule has 0 amide bonds. The van der Waals surface area contributed by atoms with Gasteiger partial charge < -0.3 is 0 Å². The van der Waals surface area contributed by atoms with Gasteiger partial charge in [0.1, 0.15) is 0 Å². The topological polar surface area (TPSA) is 38.7 Å². The second-order valence-corrected chi connectivity index (χ2v) is 10.9. The van der Waals surface area contributed by atoms with E-state index in [0.29, 0.717) is 22.1 Å². The Hall–Kier alpha value is -2.47. The average Bonchev–Trinajstić information content (AvgIpc) is 2.77. The zero-order valence-electron chi connectivity index (χ0n) is 18.3. The van der Waals surface area contributed by atoms with Crippen molar-refractivity contribution in [1.82, 2.24) is 0 Å². The molecule has 0 aliphatic rings. The van der Waals surface area contributed by atoms with E-state index in [-0.39, 0.29) is 20.4 Å². The van der Waals surface area contributed by atoms with Gasteiger partial charge in [-0.2, -0.15) is 0 Å². The summed E-state index contributed by atoms with van der Waals surface area (Å²) >= 11 is 0. The molecule has 0 spiro atoms. The molecule has 5 heteroatoms. The standard InChI is InChI=1S/C27H27O3P.Pd/c1-21-13-7-10-18-25(21)30-31(28,26-19-11-8-14-22(26)2,27-20-12-9-15-23(27)3)29-24-16-5-4-6-17-24;/h4-20,28H,1-3H3;. The van der Waals surface area contributed by atoms with Crippen molar-refractivity contribution in [3.05, 3.63) is 120 Å². The maximum atomic E-state index is 13.0. The summed E-state index contributed by atoms with van der Waals surface area (Å²) in [6.07, 6.45) is 0. The predicted molar refractivity (Wildman–Crippen MR) is 130 cm³/mol. The quantitative estimate of drug-likeness (QED) is 0.242. The van der Waals surface area contributed by atoms with Crippen LogP contribution in [0.5, 0.6) is 11.5 Å². The summed E-state index contributed by atoms with van der Waals surface area (Å²) < 4.78 is 13.4. The van der Waals surface area contributed by atoms with E-state index in [2.05, 4.69) is 0 Å². The molecule has 0 aliphatic heterocycles. The van der Waals surface area contributed by atoms with Crippen LogP contribution < -0.4 is 19.7 Å². The maximum Gasteiger partial charge on any atom is 0 e. The summed E-state index contributed by atoms with van der Waals surface area (Å²) in [7, 11) is -4.67. The Labute approximate surface area is 203 Å². The van der Waals surface area contributed by atoms with E-state index < -0.39 is 7.28 Å². The molecule has 0 saturated carbocycles. The van der Waals surface area contributed by atoms with Crippen LogP contribution in [0, 0.1) is 20.8 Å². The number of aryl methyl sites for hydroxylation is 3. The average molecular weight is 537 g/mol. The number of benzene rings is 4. The summed E-state index contributed by atoms with van der Waals surface area (Å²) in [6, 6.07) is 32.6. The van der Waals surface area contributed by atoms with Gasteiger partial charge in [-0.15, -0.1) is 0 Å². The minimum Gasteiger partial charge on any atom is 0 e. The van der Waals surface area contributed by atoms with Crippen LogP contribution in [0.3, 0.4) is 0 Å². The molecule has 0 fully saturated rings. The first-order valence-electron chi connectivity index (χ1n) is 10.3. The Morgan fingerprint density at radius 3 is 1.47 bits per heavy atom. The smallest absolute Gasteiger partial charge is 0 e. The molecule has 0 unspecified atom stereocenters. The van der Waals surface area contributed by atoms with Crippen molar-refractivity contribution in [2.24, 2.45) is 0 Å². The van der Waals surface area contributed by atoms with Crippen LogP contribution in [0.4, 0.5) is 0 Å². The van der Waals surface area contributed by atoms with Gasteiger partial charge in [0.2, 0.25) is 0 Å². The fourth-order valence-corrected chi connectivity index (χ4v) is 7.74. The molecule has 0 aromatic heterocycles. The van der Waals surface area contributed by atoms with Gasteiger partial charge in [0.05, 0.1) is 0 Å². The van der Waals surface area contributed by atoms with E-state index in [9.17, 15) is 4.89 Å². The first-order chi connectivity index (χ1) is 14.9. The van der Waals surface area contributed by atoms with Crippen LogP contribution in [0.25, 0.3) is 0 Å². The van der Waals surface area contributed by atoms with Crippen molar-refractivity contribution in [2.45, 2.75) is 20.8 Å². The zero-order valence-corrected chi connectivity index (χ0v) is 20.8. The minimum atomic E-state index is -4.67. The van der Waals surface area contributed by atoms with Crippen molar-refractivity contribution in [3.63, 3.8) is 0 Å². The van der Waals surface area contributed by atoms with Gasteiger partial charge in [-0.1, -0.05) is 0 Å². The van der Waals surface area contributed by atoms with Crippen LogP contribution in [0.15, 0.2) is 103 Å². The van der Waals surface area contributed by atoms with Crippen LogP contribution >= 0.6 is 7.28 Å². The number of rotatable bonds is 6. The third-order valence-electron chi connectivity index (χ3n) is 5.46. The normalized spacial score (nSPS) is 12.2. The molecule has 3 nitrogen and oxygen atoms in total. The van der Waals surface area contributed by atoms with E-state index in [4.69, 9.17) is 9.05 Å². The third kappa shape index (κ3) is 4.38. The predicted octanol–water partition coefficient (Wildman–Crippen LogP) is 6.01. The fourth-order valence-electron chi connectivity index (χ4n) is 3.88.